The molecule has 0 aliphatic carbocycles. The Morgan fingerprint density at radius 2 is 2.00 bits per heavy atom. The van der Waals surface area contributed by atoms with Gasteiger partial charge in [0.1, 0.15) is 13.1 Å². The standard InChI is InChI=1S/C13H14N2O5/c1-20-12(18)8-14-6-9-4-2-3-5-10(9)15(13(14)19)7-11(16)17/h2-5H,6-8H2,1H3,(H,16,17). The van der Waals surface area contributed by atoms with E-state index in [0.717, 1.165) is 10.5 Å². The molecule has 0 atom stereocenters. The van der Waals surface area contributed by atoms with Gasteiger partial charge in [0, 0.05) is 0 Å². The molecule has 7 nitrogen and oxygen atoms in total. The third-order valence-corrected chi connectivity index (χ3v) is 2.99. The second-order valence-corrected chi connectivity index (χ2v) is 4.32. The second-order valence-electron chi connectivity index (χ2n) is 4.32. The van der Waals surface area contributed by atoms with Crippen LogP contribution in [0, 0.1) is 0 Å². The van der Waals surface area contributed by atoms with Gasteiger partial charge in [-0.1, -0.05) is 18.2 Å². The first-order chi connectivity index (χ1) is 9.52. The molecule has 0 bridgehead atoms. The Hall–Kier alpha value is -2.57. The van der Waals surface area contributed by atoms with Crippen LogP contribution < -0.4 is 4.90 Å². The zero-order chi connectivity index (χ0) is 14.7. The molecule has 0 aromatic heterocycles. The Kier molecular flexibility index (Phi) is 3.88. The first kappa shape index (κ1) is 13.9. The fourth-order valence-electron chi connectivity index (χ4n) is 2.09. The number of para-hydroxylation sites is 1. The molecular weight excluding hydrogens is 264 g/mol. The molecule has 0 saturated carbocycles. The van der Waals surface area contributed by atoms with Crippen LogP contribution in [-0.2, 0) is 20.9 Å². The number of ether oxygens (including phenoxy) is 1. The highest BCUT2D eigenvalue weighted by atomic mass is 16.5. The van der Waals surface area contributed by atoms with Crippen LogP contribution in [0.4, 0.5) is 10.5 Å². The highest BCUT2D eigenvalue weighted by Crippen LogP contribution is 2.28. The molecule has 1 aliphatic heterocycles. The normalized spacial score (nSPS) is 13.9. The van der Waals surface area contributed by atoms with Gasteiger partial charge in [0.25, 0.3) is 0 Å². The van der Waals surface area contributed by atoms with Gasteiger partial charge in [-0.15, -0.1) is 0 Å². The monoisotopic (exact) mass is 278 g/mol. The van der Waals surface area contributed by atoms with Gasteiger partial charge >= 0.3 is 18.0 Å². The van der Waals surface area contributed by atoms with Crippen molar-refractivity contribution in [2.24, 2.45) is 0 Å². The van der Waals surface area contributed by atoms with Crippen molar-refractivity contribution in [1.29, 1.82) is 0 Å². The molecule has 0 unspecified atom stereocenters. The quantitative estimate of drug-likeness (QED) is 0.819. The Labute approximate surface area is 115 Å². The van der Waals surface area contributed by atoms with E-state index in [0.29, 0.717) is 5.69 Å². The Morgan fingerprint density at radius 3 is 2.65 bits per heavy atom. The minimum Gasteiger partial charge on any atom is -0.480 e. The van der Waals surface area contributed by atoms with Crippen molar-refractivity contribution in [3.8, 4) is 0 Å². The summed E-state index contributed by atoms with van der Waals surface area (Å²) >= 11 is 0. The lowest BCUT2D eigenvalue weighted by Crippen LogP contribution is -2.50. The number of rotatable bonds is 4. The van der Waals surface area contributed by atoms with E-state index in [-0.39, 0.29) is 13.1 Å². The van der Waals surface area contributed by atoms with Crippen molar-refractivity contribution in [3.63, 3.8) is 0 Å². The third-order valence-electron chi connectivity index (χ3n) is 2.99. The van der Waals surface area contributed by atoms with E-state index in [1.807, 2.05) is 0 Å². The lowest BCUT2D eigenvalue weighted by atomic mass is 10.1. The predicted molar refractivity (Wildman–Crippen MR) is 69.2 cm³/mol. The summed E-state index contributed by atoms with van der Waals surface area (Å²) in [5, 5.41) is 8.92. The lowest BCUT2D eigenvalue weighted by Gasteiger charge is -2.35. The van der Waals surface area contributed by atoms with E-state index < -0.39 is 24.5 Å². The summed E-state index contributed by atoms with van der Waals surface area (Å²) in [6.07, 6.45) is 0. The molecule has 0 fully saturated rings. The number of esters is 1. The average molecular weight is 278 g/mol. The summed E-state index contributed by atoms with van der Waals surface area (Å²) in [6, 6.07) is 6.49. The van der Waals surface area contributed by atoms with Crippen LogP contribution in [-0.4, -0.2) is 48.2 Å². The van der Waals surface area contributed by atoms with E-state index >= 15 is 0 Å². The van der Waals surface area contributed by atoms with Crippen LogP contribution in [0.15, 0.2) is 24.3 Å². The fraction of sp³-hybridized carbons (Fsp3) is 0.308. The number of aliphatic carboxylic acids is 1. The molecule has 2 rings (SSSR count). The Balaban J connectivity index is 2.32. The number of fused-ring (bicyclic) bond motifs is 1. The maximum atomic E-state index is 12.3. The lowest BCUT2D eigenvalue weighted by molar-refractivity contribution is -0.141. The molecule has 1 aliphatic rings. The minimum atomic E-state index is -1.12. The summed E-state index contributed by atoms with van der Waals surface area (Å²) in [4.78, 5) is 36.9. The molecule has 1 aromatic carbocycles. The van der Waals surface area contributed by atoms with Gasteiger partial charge in [-0.2, -0.15) is 0 Å². The number of benzene rings is 1. The van der Waals surface area contributed by atoms with Crippen molar-refractivity contribution in [2.75, 3.05) is 25.1 Å². The van der Waals surface area contributed by atoms with Gasteiger partial charge < -0.3 is 14.7 Å². The maximum Gasteiger partial charge on any atom is 0.325 e. The molecule has 20 heavy (non-hydrogen) atoms. The fourth-order valence-corrected chi connectivity index (χ4v) is 2.09. The number of nitrogens with zero attached hydrogens (tertiary/aromatic N) is 2. The largest absolute Gasteiger partial charge is 0.480 e. The number of carbonyl (C=O) groups is 3. The van der Waals surface area contributed by atoms with E-state index in [1.165, 1.54) is 12.0 Å². The van der Waals surface area contributed by atoms with Gasteiger partial charge in [-0.05, 0) is 11.6 Å². The zero-order valence-corrected chi connectivity index (χ0v) is 10.9. The Bertz CT molecular complexity index is 557. The molecular formula is C13H14N2O5. The van der Waals surface area contributed by atoms with Gasteiger partial charge in [0.05, 0.1) is 19.3 Å². The highest BCUT2D eigenvalue weighted by Gasteiger charge is 2.32. The number of urea groups is 1. The first-order valence-corrected chi connectivity index (χ1v) is 5.96. The average Bonchev–Trinajstić information content (AvgIpc) is 2.42. The summed E-state index contributed by atoms with van der Waals surface area (Å²) in [6.45, 7) is -0.409. The van der Waals surface area contributed by atoms with Crippen molar-refractivity contribution in [2.45, 2.75) is 6.54 Å². The molecule has 2 amide bonds. The van der Waals surface area contributed by atoms with Crippen LogP contribution in [0.25, 0.3) is 0 Å². The number of hydrogen-bond acceptors (Lipinski definition) is 4. The van der Waals surface area contributed by atoms with Gasteiger partial charge in [-0.3, -0.25) is 14.5 Å². The van der Waals surface area contributed by atoms with Crippen LogP contribution >= 0.6 is 0 Å². The second kappa shape index (κ2) is 5.60. The molecule has 0 saturated heterocycles. The summed E-state index contributed by atoms with van der Waals surface area (Å²) in [7, 11) is 1.24. The van der Waals surface area contributed by atoms with Crippen LogP contribution in [0.5, 0.6) is 0 Å². The number of carboxylic acids is 1. The number of hydrogen-bond donors (Lipinski definition) is 1. The first-order valence-electron chi connectivity index (χ1n) is 5.96. The van der Waals surface area contributed by atoms with Gasteiger partial charge in [-0.25, -0.2) is 4.79 Å². The third kappa shape index (κ3) is 2.71. The van der Waals surface area contributed by atoms with Crippen LogP contribution in [0.2, 0.25) is 0 Å². The van der Waals surface area contributed by atoms with Gasteiger partial charge in [0.15, 0.2) is 0 Å². The predicted octanol–water partition coefficient (Wildman–Crippen LogP) is 0.686. The summed E-state index contributed by atoms with van der Waals surface area (Å²) < 4.78 is 4.54. The SMILES string of the molecule is COC(=O)CN1Cc2ccccc2N(CC(=O)O)C1=O. The molecule has 1 N–H and O–H groups in total. The maximum absolute atomic E-state index is 12.3. The smallest absolute Gasteiger partial charge is 0.325 e. The number of amides is 2. The van der Waals surface area contributed by atoms with Crippen molar-refractivity contribution in [3.05, 3.63) is 29.8 Å². The highest BCUT2D eigenvalue weighted by molar-refractivity contribution is 5.99. The number of anilines is 1. The van der Waals surface area contributed by atoms with Crippen LogP contribution in [0.1, 0.15) is 5.56 Å². The zero-order valence-electron chi connectivity index (χ0n) is 10.9. The van der Waals surface area contributed by atoms with E-state index in [4.69, 9.17) is 5.11 Å². The number of methoxy groups -OCH3 is 1. The van der Waals surface area contributed by atoms with Crippen molar-refractivity contribution >= 4 is 23.7 Å². The molecule has 1 heterocycles. The molecule has 106 valence electrons. The minimum absolute atomic E-state index is 0.209. The van der Waals surface area contributed by atoms with Crippen LogP contribution in [0.3, 0.4) is 0 Å². The van der Waals surface area contributed by atoms with E-state index in [2.05, 4.69) is 4.74 Å². The summed E-state index contributed by atoms with van der Waals surface area (Å²) in [5.74, 6) is -1.67. The molecule has 1 aromatic rings. The van der Waals surface area contributed by atoms with Crippen molar-refractivity contribution < 1.29 is 24.2 Å². The number of carboxylic acid groups (broad SMARTS) is 1. The van der Waals surface area contributed by atoms with E-state index in [9.17, 15) is 14.4 Å². The van der Waals surface area contributed by atoms with Gasteiger partial charge in [0.2, 0.25) is 0 Å². The molecule has 7 heteroatoms. The summed E-state index contributed by atoms with van der Waals surface area (Å²) in [5.41, 5.74) is 1.35. The topological polar surface area (TPSA) is 87.2 Å². The Morgan fingerprint density at radius 1 is 1.30 bits per heavy atom. The van der Waals surface area contributed by atoms with Crippen molar-refractivity contribution in [1.82, 2.24) is 4.90 Å². The van der Waals surface area contributed by atoms with E-state index in [1.54, 1.807) is 24.3 Å². The molecule has 0 spiro atoms. The number of carbonyl (C=O) groups excluding carboxylic acids is 2. The molecule has 0 radical (unpaired) electrons.